The van der Waals surface area contributed by atoms with Gasteiger partial charge in [-0.25, -0.2) is 0 Å². The van der Waals surface area contributed by atoms with Crippen LogP contribution in [-0.2, 0) is 4.74 Å². The first-order valence-electron chi connectivity index (χ1n) is 8.01. The number of rotatable bonds is 7. The molecule has 1 aliphatic heterocycles. The Morgan fingerprint density at radius 1 is 1.37 bits per heavy atom. The summed E-state index contributed by atoms with van der Waals surface area (Å²) in [6.07, 6.45) is 5.34. The van der Waals surface area contributed by atoms with Crippen molar-refractivity contribution in [2.45, 2.75) is 65.0 Å². The van der Waals surface area contributed by atoms with Gasteiger partial charge >= 0.3 is 0 Å². The normalized spacial score (nSPS) is 27.2. The minimum Gasteiger partial charge on any atom is -0.378 e. The smallest absolute Gasteiger partial charge is 0.0645 e. The summed E-state index contributed by atoms with van der Waals surface area (Å²) in [6.45, 7) is 14.6. The number of ether oxygens (including phenoxy) is 1. The molecule has 1 saturated heterocycles. The fourth-order valence-electron chi connectivity index (χ4n) is 3.15. The largest absolute Gasteiger partial charge is 0.378 e. The summed E-state index contributed by atoms with van der Waals surface area (Å²) >= 11 is 0. The van der Waals surface area contributed by atoms with Crippen LogP contribution in [0.15, 0.2) is 0 Å². The Kier molecular flexibility index (Phi) is 4.91. The molecular formula is C16H32N2O. The van der Waals surface area contributed by atoms with Gasteiger partial charge in [-0.15, -0.1) is 0 Å². The summed E-state index contributed by atoms with van der Waals surface area (Å²) in [7, 11) is 0. The average Bonchev–Trinajstić information content (AvgIpc) is 3.14. The van der Waals surface area contributed by atoms with E-state index >= 15 is 0 Å². The Morgan fingerprint density at radius 2 is 2.11 bits per heavy atom. The molecule has 1 aliphatic carbocycles. The van der Waals surface area contributed by atoms with Gasteiger partial charge < -0.3 is 10.1 Å². The predicted molar refractivity (Wildman–Crippen MR) is 80.5 cm³/mol. The standard InChI is InChI=1S/C16H32N2O/c1-5-8-16(4,11-17-14-6-7-14)12-18-9-10-19-13-15(18,2)3/h14,17H,5-13H2,1-4H3. The molecule has 1 atom stereocenters. The third-order valence-corrected chi connectivity index (χ3v) is 4.64. The third-order valence-electron chi connectivity index (χ3n) is 4.64. The Bertz CT molecular complexity index is 288. The first-order valence-corrected chi connectivity index (χ1v) is 8.01. The van der Waals surface area contributed by atoms with E-state index in [4.69, 9.17) is 4.74 Å². The summed E-state index contributed by atoms with van der Waals surface area (Å²) in [5.74, 6) is 0. The molecule has 0 amide bonds. The number of nitrogens with one attached hydrogen (secondary N) is 1. The van der Waals surface area contributed by atoms with E-state index in [1.807, 2.05) is 0 Å². The lowest BCUT2D eigenvalue weighted by Crippen LogP contribution is -2.57. The van der Waals surface area contributed by atoms with Gasteiger partial charge in [0.1, 0.15) is 0 Å². The summed E-state index contributed by atoms with van der Waals surface area (Å²) < 4.78 is 5.64. The Balaban J connectivity index is 1.92. The summed E-state index contributed by atoms with van der Waals surface area (Å²) in [4.78, 5) is 2.64. The molecule has 3 nitrogen and oxygen atoms in total. The zero-order valence-electron chi connectivity index (χ0n) is 13.3. The van der Waals surface area contributed by atoms with Gasteiger partial charge in [-0.1, -0.05) is 20.3 Å². The average molecular weight is 268 g/mol. The number of hydrogen-bond acceptors (Lipinski definition) is 3. The second-order valence-electron chi connectivity index (χ2n) is 7.50. The molecule has 2 rings (SSSR count). The molecular weight excluding hydrogens is 236 g/mol. The van der Waals surface area contributed by atoms with E-state index in [1.165, 1.54) is 38.8 Å². The Hall–Kier alpha value is -0.120. The molecule has 1 N–H and O–H groups in total. The van der Waals surface area contributed by atoms with Crippen LogP contribution >= 0.6 is 0 Å². The van der Waals surface area contributed by atoms with Crippen LogP contribution in [0.4, 0.5) is 0 Å². The number of hydrogen-bond donors (Lipinski definition) is 1. The maximum Gasteiger partial charge on any atom is 0.0645 e. The highest BCUT2D eigenvalue weighted by Gasteiger charge is 2.36. The summed E-state index contributed by atoms with van der Waals surface area (Å²) in [6, 6.07) is 0.814. The van der Waals surface area contributed by atoms with Crippen molar-refractivity contribution in [1.29, 1.82) is 0 Å². The molecule has 1 saturated carbocycles. The minimum atomic E-state index is 0.187. The molecule has 0 spiro atoms. The van der Waals surface area contributed by atoms with Crippen LogP contribution in [-0.4, -0.2) is 49.3 Å². The predicted octanol–water partition coefficient (Wildman–Crippen LogP) is 2.66. The molecule has 3 heteroatoms. The van der Waals surface area contributed by atoms with Gasteiger partial charge in [0.05, 0.1) is 13.2 Å². The van der Waals surface area contributed by atoms with Crippen LogP contribution in [0.25, 0.3) is 0 Å². The van der Waals surface area contributed by atoms with Crippen molar-refractivity contribution in [2.75, 3.05) is 32.8 Å². The van der Waals surface area contributed by atoms with Crippen LogP contribution in [0, 0.1) is 5.41 Å². The van der Waals surface area contributed by atoms with Crippen molar-refractivity contribution in [3.05, 3.63) is 0 Å². The minimum absolute atomic E-state index is 0.187. The van der Waals surface area contributed by atoms with Crippen molar-refractivity contribution in [3.8, 4) is 0 Å². The molecule has 0 aromatic heterocycles. The van der Waals surface area contributed by atoms with Crippen LogP contribution < -0.4 is 5.32 Å². The van der Waals surface area contributed by atoms with Crippen LogP contribution in [0.3, 0.4) is 0 Å². The van der Waals surface area contributed by atoms with Gasteiger partial charge in [0.15, 0.2) is 0 Å². The van der Waals surface area contributed by atoms with Gasteiger partial charge in [0, 0.05) is 31.2 Å². The monoisotopic (exact) mass is 268 g/mol. The van der Waals surface area contributed by atoms with E-state index in [2.05, 4.69) is 37.9 Å². The zero-order valence-corrected chi connectivity index (χ0v) is 13.3. The van der Waals surface area contributed by atoms with Crippen LogP contribution in [0.1, 0.15) is 53.4 Å². The molecule has 112 valence electrons. The first-order chi connectivity index (χ1) is 8.95. The van der Waals surface area contributed by atoms with Gasteiger partial charge in [0.25, 0.3) is 0 Å². The summed E-state index contributed by atoms with van der Waals surface area (Å²) in [5.41, 5.74) is 0.582. The van der Waals surface area contributed by atoms with Crippen molar-refractivity contribution in [1.82, 2.24) is 10.2 Å². The number of morpholine rings is 1. The molecule has 0 bridgehead atoms. The van der Waals surface area contributed by atoms with Crippen molar-refractivity contribution < 1.29 is 4.74 Å². The van der Waals surface area contributed by atoms with Crippen LogP contribution in [0.2, 0.25) is 0 Å². The maximum atomic E-state index is 5.64. The molecule has 19 heavy (non-hydrogen) atoms. The van der Waals surface area contributed by atoms with E-state index in [0.29, 0.717) is 5.41 Å². The van der Waals surface area contributed by atoms with E-state index in [0.717, 1.165) is 25.8 Å². The second-order valence-corrected chi connectivity index (χ2v) is 7.50. The quantitative estimate of drug-likeness (QED) is 0.768. The van der Waals surface area contributed by atoms with E-state index in [9.17, 15) is 0 Å². The van der Waals surface area contributed by atoms with E-state index in [-0.39, 0.29) is 5.54 Å². The fraction of sp³-hybridized carbons (Fsp3) is 1.00. The van der Waals surface area contributed by atoms with E-state index in [1.54, 1.807) is 0 Å². The molecule has 0 aromatic carbocycles. The zero-order chi connectivity index (χ0) is 13.9. The van der Waals surface area contributed by atoms with Crippen molar-refractivity contribution in [2.24, 2.45) is 5.41 Å². The fourth-order valence-corrected chi connectivity index (χ4v) is 3.15. The maximum absolute atomic E-state index is 5.64. The highest BCUT2D eigenvalue weighted by Crippen LogP contribution is 2.30. The van der Waals surface area contributed by atoms with E-state index < -0.39 is 0 Å². The number of nitrogens with zero attached hydrogens (tertiary/aromatic N) is 1. The summed E-state index contributed by atoms with van der Waals surface area (Å²) in [5, 5.41) is 3.74. The van der Waals surface area contributed by atoms with Crippen LogP contribution in [0.5, 0.6) is 0 Å². The lowest BCUT2D eigenvalue weighted by molar-refractivity contribution is -0.0672. The van der Waals surface area contributed by atoms with Gasteiger partial charge in [-0.3, -0.25) is 4.90 Å². The molecule has 2 aliphatic rings. The second kappa shape index (κ2) is 6.11. The first kappa shape index (κ1) is 15.3. The van der Waals surface area contributed by atoms with Gasteiger partial charge in [-0.05, 0) is 38.5 Å². The van der Waals surface area contributed by atoms with Gasteiger partial charge in [-0.2, -0.15) is 0 Å². The van der Waals surface area contributed by atoms with Crippen molar-refractivity contribution >= 4 is 0 Å². The highest BCUT2D eigenvalue weighted by molar-refractivity contribution is 4.92. The molecule has 1 unspecified atom stereocenters. The highest BCUT2D eigenvalue weighted by atomic mass is 16.5. The molecule has 0 radical (unpaired) electrons. The Morgan fingerprint density at radius 3 is 2.68 bits per heavy atom. The molecule has 2 fully saturated rings. The van der Waals surface area contributed by atoms with Gasteiger partial charge in [0.2, 0.25) is 0 Å². The lowest BCUT2D eigenvalue weighted by Gasteiger charge is -2.46. The molecule has 1 heterocycles. The lowest BCUT2D eigenvalue weighted by atomic mass is 9.83. The Labute approximate surface area is 119 Å². The molecule has 0 aromatic rings. The van der Waals surface area contributed by atoms with Crippen molar-refractivity contribution in [3.63, 3.8) is 0 Å². The third kappa shape index (κ3) is 4.44. The topological polar surface area (TPSA) is 24.5 Å². The SMILES string of the molecule is CCCC(C)(CNC1CC1)CN1CCOCC1(C)C.